The Morgan fingerprint density at radius 1 is 0.740 bits per heavy atom. The molecule has 3 fully saturated rings. The van der Waals surface area contributed by atoms with E-state index in [1.807, 2.05) is 35.2 Å². The number of alkyl halides is 6. The Hall–Kier alpha value is -4.00. The summed E-state index contributed by atoms with van der Waals surface area (Å²) in [5, 5.41) is 0. The van der Waals surface area contributed by atoms with Crippen molar-refractivity contribution in [2.75, 3.05) is 32.7 Å². The summed E-state index contributed by atoms with van der Waals surface area (Å²) in [6.07, 6.45) is -6.60. The zero-order chi connectivity index (χ0) is 35.8. The molecule has 6 rings (SSSR count). The lowest BCUT2D eigenvalue weighted by molar-refractivity contribution is -0.143. The summed E-state index contributed by atoms with van der Waals surface area (Å²) in [5.41, 5.74) is -3.38. The summed E-state index contributed by atoms with van der Waals surface area (Å²) in [6, 6.07) is 12.9. The van der Waals surface area contributed by atoms with Gasteiger partial charge in [-0.2, -0.15) is 26.3 Å². The van der Waals surface area contributed by atoms with Crippen molar-refractivity contribution >= 4 is 11.8 Å². The molecule has 2 amide bonds. The molecule has 3 aliphatic rings. The molecule has 0 spiro atoms. The first-order valence-corrected chi connectivity index (χ1v) is 16.8. The largest absolute Gasteiger partial charge is 0.416 e. The molecule has 0 N–H and O–H groups in total. The maximum absolute atomic E-state index is 14.2. The van der Waals surface area contributed by atoms with Gasteiger partial charge < -0.3 is 14.7 Å². The summed E-state index contributed by atoms with van der Waals surface area (Å²) < 4.78 is 110. The van der Waals surface area contributed by atoms with E-state index in [1.54, 1.807) is 0 Å². The monoisotopic (exact) mass is 707 g/mol. The number of hydrogen-bond acceptors (Lipinski definition) is 3. The van der Waals surface area contributed by atoms with E-state index in [4.69, 9.17) is 0 Å². The van der Waals surface area contributed by atoms with Crippen molar-refractivity contribution in [1.29, 1.82) is 0 Å². The predicted octanol–water partition coefficient (Wildman–Crippen LogP) is 7.87. The average molecular weight is 708 g/mol. The van der Waals surface area contributed by atoms with Crippen LogP contribution in [-0.2, 0) is 29.0 Å². The van der Waals surface area contributed by atoms with Gasteiger partial charge in [-0.15, -0.1) is 0 Å². The Balaban J connectivity index is 1.26. The first-order valence-electron chi connectivity index (χ1n) is 16.8. The highest BCUT2D eigenvalue weighted by molar-refractivity contribution is 5.95. The maximum Gasteiger partial charge on any atom is 0.416 e. The van der Waals surface area contributed by atoms with E-state index < -0.39 is 58.0 Å². The minimum atomic E-state index is -5.13. The Labute approximate surface area is 284 Å². The molecule has 3 saturated heterocycles. The number of amides is 2. The number of carbonyl (C=O) groups excluding carboxylic acids is 2. The number of rotatable bonds is 6. The summed E-state index contributed by atoms with van der Waals surface area (Å²) in [4.78, 5) is 33.2. The number of carbonyl (C=O) groups is 2. The molecule has 3 aromatic rings. The molecule has 13 heteroatoms. The highest BCUT2D eigenvalue weighted by Crippen LogP contribution is 2.41. The normalized spacial score (nSPS) is 21.8. The van der Waals surface area contributed by atoms with Crippen LogP contribution in [0, 0.1) is 11.6 Å². The second-order valence-corrected chi connectivity index (χ2v) is 13.6. The van der Waals surface area contributed by atoms with Crippen LogP contribution < -0.4 is 0 Å². The van der Waals surface area contributed by atoms with Crippen LogP contribution in [0.15, 0.2) is 66.7 Å². The molecule has 0 aromatic heterocycles. The predicted molar refractivity (Wildman–Crippen MR) is 169 cm³/mol. The van der Waals surface area contributed by atoms with Crippen LogP contribution in [0.1, 0.15) is 71.1 Å². The number of hydrogen-bond donors (Lipinski definition) is 0. The minimum absolute atomic E-state index is 0.000230. The van der Waals surface area contributed by atoms with Crippen LogP contribution in [0.25, 0.3) is 0 Å². The molecule has 2 unspecified atom stereocenters. The molecule has 268 valence electrons. The summed E-state index contributed by atoms with van der Waals surface area (Å²) in [5.74, 6) is -3.09. The van der Waals surface area contributed by atoms with Crippen molar-refractivity contribution in [3.63, 3.8) is 0 Å². The molecule has 3 aliphatic heterocycles. The molecule has 3 aromatic carbocycles. The fraction of sp³-hybridized carbons (Fsp3) is 0.459. The van der Waals surface area contributed by atoms with Gasteiger partial charge in [-0.3, -0.25) is 9.59 Å². The lowest BCUT2D eigenvalue weighted by Crippen LogP contribution is -2.57. The van der Waals surface area contributed by atoms with Crippen LogP contribution in [0.3, 0.4) is 0 Å². The lowest BCUT2D eigenvalue weighted by atomic mass is 9.71. The number of benzene rings is 3. The van der Waals surface area contributed by atoms with Gasteiger partial charge in [0.2, 0.25) is 5.91 Å². The third kappa shape index (κ3) is 7.38. The van der Waals surface area contributed by atoms with Crippen molar-refractivity contribution in [2.24, 2.45) is 0 Å². The first-order chi connectivity index (χ1) is 23.7. The fourth-order valence-electron chi connectivity index (χ4n) is 7.88. The zero-order valence-corrected chi connectivity index (χ0v) is 27.2. The van der Waals surface area contributed by atoms with Gasteiger partial charge in [-0.1, -0.05) is 36.4 Å². The topological polar surface area (TPSA) is 43.9 Å². The van der Waals surface area contributed by atoms with Crippen molar-refractivity contribution < 1.29 is 44.7 Å². The molecule has 0 saturated carbocycles. The van der Waals surface area contributed by atoms with Gasteiger partial charge in [0.25, 0.3) is 5.91 Å². The van der Waals surface area contributed by atoms with Gasteiger partial charge >= 0.3 is 12.4 Å². The first kappa shape index (κ1) is 35.8. The standard InChI is InChI=1S/C37H37F8N3O2/c38-31-9-8-24(19-32(31)39)18-30-23-29(10-15-48(30)33(49)25-20-27(36(40,41)42)22-28(21-25)37(43,44)45)46-16-11-35(12-17-46,26-6-2-1-3-7-26)34(50)47-13-4-5-14-47/h1-3,6-9,19-22,29-30H,4-5,10-18,23H2. The molecule has 0 aliphatic carbocycles. The Kier molecular flexibility index (Phi) is 10.00. The van der Waals surface area contributed by atoms with Crippen molar-refractivity contribution in [3.8, 4) is 0 Å². The molecule has 2 atom stereocenters. The SMILES string of the molecule is O=C(c1cc(C(F)(F)F)cc(C(F)(F)F)c1)N1CCC(N2CCC(C(=O)N3CCCC3)(c3ccccc3)CC2)CC1Cc1ccc(F)c(F)c1. The Morgan fingerprint density at radius 2 is 1.36 bits per heavy atom. The summed E-state index contributed by atoms with van der Waals surface area (Å²) >= 11 is 0. The molecular weight excluding hydrogens is 670 g/mol. The van der Waals surface area contributed by atoms with Crippen LogP contribution in [0.4, 0.5) is 35.1 Å². The second-order valence-electron chi connectivity index (χ2n) is 13.6. The second kappa shape index (κ2) is 14.0. The third-order valence-corrected chi connectivity index (χ3v) is 10.5. The van der Waals surface area contributed by atoms with Crippen molar-refractivity contribution in [2.45, 2.75) is 74.8 Å². The molecule has 0 bridgehead atoms. The van der Waals surface area contributed by atoms with E-state index in [9.17, 15) is 44.7 Å². The van der Waals surface area contributed by atoms with Crippen molar-refractivity contribution in [3.05, 3.63) is 106 Å². The molecule has 3 heterocycles. The molecule has 0 radical (unpaired) electrons. The van der Waals surface area contributed by atoms with Crippen LogP contribution in [-0.4, -0.2) is 71.3 Å². The van der Waals surface area contributed by atoms with E-state index in [0.717, 1.165) is 30.5 Å². The van der Waals surface area contributed by atoms with Gasteiger partial charge in [0.15, 0.2) is 11.6 Å². The van der Waals surface area contributed by atoms with Gasteiger partial charge in [0, 0.05) is 37.3 Å². The van der Waals surface area contributed by atoms with E-state index in [2.05, 4.69) is 4.90 Å². The van der Waals surface area contributed by atoms with E-state index in [-0.39, 0.29) is 37.4 Å². The Bertz CT molecular complexity index is 1660. The van der Waals surface area contributed by atoms with Gasteiger partial charge in [-0.25, -0.2) is 8.78 Å². The molecular formula is C37H37F8N3O2. The van der Waals surface area contributed by atoms with Gasteiger partial charge in [0.1, 0.15) is 0 Å². The zero-order valence-electron chi connectivity index (χ0n) is 27.2. The molecule has 50 heavy (non-hydrogen) atoms. The van der Waals surface area contributed by atoms with Crippen LogP contribution in [0.5, 0.6) is 0 Å². The smallest absolute Gasteiger partial charge is 0.342 e. The summed E-state index contributed by atoms with van der Waals surface area (Å²) in [6.45, 7) is 2.54. The van der Waals surface area contributed by atoms with Gasteiger partial charge in [-0.05, 0) is 99.5 Å². The Morgan fingerprint density at radius 3 is 1.94 bits per heavy atom. The third-order valence-electron chi connectivity index (χ3n) is 10.5. The lowest BCUT2D eigenvalue weighted by Gasteiger charge is -2.48. The fourth-order valence-corrected chi connectivity index (χ4v) is 7.88. The highest BCUT2D eigenvalue weighted by atomic mass is 19.4. The number of piperidine rings is 2. The molecule has 5 nitrogen and oxygen atoms in total. The number of nitrogens with zero attached hydrogens (tertiary/aromatic N) is 3. The number of halogens is 8. The van der Waals surface area contributed by atoms with Crippen molar-refractivity contribution in [1.82, 2.24) is 14.7 Å². The summed E-state index contributed by atoms with van der Waals surface area (Å²) in [7, 11) is 0. The number of likely N-dealkylation sites (tertiary alicyclic amines) is 3. The maximum atomic E-state index is 14.2. The quantitative estimate of drug-likeness (QED) is 0.245. The van der Waals surface area contributed by atoms with E-state index >= 15 is 0 Å². The minimum Gasteiger partial charge on any atom is -0.342 e. The average Bonchev–Trinajstić information content (AvgIpc) is 3.64. The van der Waals surface area contributed by atoms with E-state index in [0.29, 0.717) is 63.1 Å². The van der Waals surface area contributed by atoms with Crippen LogP contribution >= 0.6 is 0 Å². The van der Waals surface area contributed by atoms with Crippen LogP contribution in [0.2, 0.25) is 0 Å². The van der Waals surface area contributed by atoms with E-state index in [1.165, 1.54) is 11.0 Å². The highest BCUT2D eigenvalue weighted by Gasteiger charge is 2.47. The van der Waals surface area contributed by atoms with Gasteiger partial charge in [0.05, 0.1) is 16.5 Å².